The van der Waals surface area contributed by atoms with E-state index in [4.69, 9.17) is 4.74 Å². The summed E-state index contributed by atoms with van der Waals surface area (Å²) in [7, 11) is 0. The second-order valence-corrected chi connectivity index (χ2v) is 11.0. The third-order valence-electron chi connectivity index (χ3n) is 6.16. The molecule has 158 valence electrons. The first-order valence-corrected chi connectivity index (χ1v) is 11.0. The number of rotatable bonds is 4. The van der Waals surface area contributed by atoms with Crippen molar-refractivity contribution in [1.82, 2.24) is 0 Å². The molecule has 2 aromatic rings. The van der Waals surface area contributed by atoms with E-state index in [1.165, 1.54) is 16.7 Å². The zero-order valence-electron chi connectivity index (χ0n) is 19.0. The summed E-state index contributed by atoms with van der Waals surface area (Å²) in [6.07, 6.45) is 2.18. The van der Waals surface area contributed by atoms with Crippen molar-refractivity contribution in [2.45, 2.75) is 85.5 Å². The van der Waals surface area contributed by atoms with Gasteiger partial charge in [-0.25, -0.2) is 0 Å². The maximum Gasteiger partial charge on any atom is 0.105 e. The zero-order valence-corrected chi connectivity index (χ0v) is 19.0. The van der Waals surface area contributed by atoms with Gasteiger partial charge in [0.05, 0.1) is 12.7 Å². The second kappa shape index (κ2) is 8.62. The highest BCUT2D eigenvalue weighted by Gasteiger charge is 2.31. The van der Waals surface area contributed by atoms with Gasteiger partial charge < -0.3 is 9.84 Å². The minimum atomic E-state index is -0.589. The fourth-order valence-corrected chi connectivity index (χ4v) is 4.45. The summed E-state index contributed by atoms with van der Waals surface area (Å²) in [5.74, 6) is 0.484. The summed E-state index contributed by atoms with van der Waals surface area (Å²) in [4.78, 5) is 0. The maximum absolute atomic E-state index is 11.0. The van der Waals surface area contributed by atoms with Crippen LogP contribution >= 0.6 is 0 Å². The molecular formula is C27H38O2. The van der Waals surface area contributed by atoms with Crippen LogP contribution in [0.2, 0.25) is 0 Å². The minimum Gasteiger partial charge on any atom is -0.386 e. The van der Waals surface area contributed by atoms with Crippen LogP contribution in [0.25, 0.3) is 0 Å². The lowest BCUT2D eigenvalue weighted by Crippen LogP contribution is -2.24. The molecule has 0 radical (unpaired) electrons. The van der Waals surface area contributed by atoms with Crippen molar-refractivity contribution in [2.75, 3.05) is 0 Å². The molecule has 2 aromatic carbocycles. The molecule has 3 atom stereocenters. The van der Waals surface area contributed by atoms with Crippen LogP contribution in [0.15, 0.2) is 48.5 Å². The Morgan fingerprint density at radius 3 is 2.07 bits per heavy atom. The summed E-state index contributed by atoms with van der Waals surface area (Å²) in [5, 5.41) is 11.0. The Morgan fingerprint density at radius 1 is 0.897 bits per heavy atom. The number of hydrogen-bond acceptors (Lipinski definition) is 2. The van der Waals surface area contributed by atoms with Gasteiger partial charge in [0.25, 0.3) is 0 Å². The average Bonchev–Trinajstić information content (AvgIpc) is 2.87. The van der Waals surface area contributed by atoms with E-state index in [0.717, 1.165) is 24.8 Å². The molecule has 0 spiro atoms. The van der Waals surface area contributed by atoms with E-state index in [9.17, 15) is 5.11 Å². The van der Waals surface area contributed by atoms with Gasteiger partial charge >= 0.3 is 0 Å². The molecule has 1 heterocycles. The lowest BCUT2D eigenvalue weighted by atomic mass is 9.69. The molecule has 1 N–H and O–H groups in total. The van der Waals surface area contributed by atoms with Crippen LogP contribution in [0, 0.1) is 10.8 Å². The Bertz CT molecular complexity index is 766. The van der Waals surface area contributed by atoms with Crippen LogP contribution in [0.3, 0.4) is 0 Å². The van der Waals surface area contributed by atoms with Gasteiger partial charge in [-0.1, -0.05) is 90.1 Å². The Labute approximate surface area is 177 Å². The fraction of sp³-hybridized carbons (Fsp3) is 0.556. The molecule has 2 nitrogen and oxygen atoms in total. The summed E-state index contributed by atoms with van der Waals surface area (Å²) in [6.45, 7) is 14.5. The third kappa shape index (κ3) is 5.71. The van der Waals surface area contributed by atoms with E-state index in [1.54, 1.807) is 0 Å². The Hall–Kier alpha value is -1.64. The fourth-order valence-electron chi connectivity index (χ4n) is 4.45. The van der Waals surface area contributed by atoms with Gasteiger partial charge in [0, 0.05) is 0 Å². The van der Waals surface area contributed by atoms with Gasteiger partial charge in [-0.05, 0) is 58.3 Å². The quantitative estimate of drug-likeness (QED) is 0.616. The van der Waals surface area contributed by atoms with E-state index in [-0.39, 0.29) is 16.9 Å². The number of benzene rings is 2. The lowest BCUT2D eigenvalue weighted by molar-refractivity contribution is -0.0475. The Balaban J connectivity index is 1.74. The van der Waals surface area contributed by atoms with E-state index in [2.05, 4.69) is 90.1 Å². The van der Waals surface area contributed by atoms with Crippen LogP contribution < -0.4 is 0 Å². The lowest BCUT2D eigenvalue weighted by Gasteiger charge is -2.36. The molecule has 2 heteroatoms. The molecule has 0 saturated carbocycles. The molecular weight excluding hydrogens is 356 g/mol. The van der Waals surface area contributed by atoms with Crippen molar-refractivity contribution in [2.24, 2.45) is 10.8 Å². The number of aliphatic hydroxyl groups excluding tert-OH is 1. The standard InChI is InChI=1S/C27H38O2/c1-26(2,3)17-23(27(4,5)6)20-11-13-21(14-12-20)25(28)24-16-15-19-9-7-8-10-22(19)18-29-24/h7-14,23-25,28H,15-18H2,1-6H3. The van der Waals surface area contributed by atoms with Crippen LogP contribution in [0.4, 0.5) is 0 Å². The highest BCUT2D eigenvalue weighted by molar-refractivity contribution is 5.30. The molecule has 0 bridgehead atoms. The SMILES string of the molecule is CC(C)(C)CC(c1ccc(C(O)C2CCc3ccccc3CO2)cc1)C(C)(C)C. The average molecular weight is 395 g/mol. The summed E-state index contributed by atoms with van der Waals surface area (Å²) < 4.78 is 6.09. The number of hydrogen-bond donors (Lipinski definition) is 1. The van der Waals surface area contributed by atoms with Gasteiger partial charge in [0.15, 0.2) is 0 Å². The van der Waals surface area contributed by atoms with Crippen LogP contribution in [-0.4, -0.2) is 11.2 Å². The molecule has 0 saturated heterocycles. The number of fused-ring (bicyclic) bond motifs is 1. The molecule has 1 aliphatic heterocycles. The van der Waals surface area contributed by atoms with Crippen molar-refractivity contribution >= 4 is 0 Å². The second-order valence-electron chi connectivity index (χ2n) is 11.0. The van der Waals surface area contributed by atoms with Crippen molar-refractivity contribution in [3.63, 3.8) is 0 Å². The van der Waals surface area contributed by atoms with Crippen LogP contribution in [-0.2, 0) is 17.8 Å². The normalized spacial score (nSPS) is 19.9. The molecule has 3 unspecified atom stereocenters. The van der Waals surface area contributed by atoms with Gasteiger partial charge in [-0.15, -0.1) is 0 Å². The predicted molar refractivity (Wildman–Crippen MR) is 121 cm³/mol. The molecule has 0 aromatic heterocycles. The summed E-state index contributed by atoms with van der Waals surface area (Å²) >= 11 is 0. The molecule has 1 aliphatic rings. The van der Waals surface area contributed by atoms with Gasteiger partial charge in [-0.3, -0.25) is 0 Å². The Morgan fingerprint density at radius 2 is 1.48 bits per heavy atom. The summed E-state index contributed by atoms with van der Waals surface area (Å²) in [5.41, 5.74) is 5.37. The largest absolute Gasteiger partial charge is 0.386 e. The highest BCUT2D eigenvalue weighted by atomic mass is 16.5. The van der Waals surface area contributed by atoms with E-state index in [1.807, 2.05) is 0 Å². The zero-order chi connectivity index (χ0) is 21.2. The third-order valence-corrected chi connectivity index (χ3v) is 6.16. The minimum absolute atomic E-state index is 0.166. The number of aliphatic hydroxyl groups is 1. The molecule has 29 heavy (non-hydrogen) atoms. The van der Waals surface area contributed by atoms with Gasteiger partial charge in [0.2, 0.25) is 0 Å². The predicted octanol–water partition coefficient (Wildman–Crippen LogP) is 6.82. The van der Waals surface area contributed by atoms with Crippen molar-refractivity contribution in [3.8, 4) is 0 Å². The van der Waals surface area contributed by atoms with E-state index < -0.39 is 6.10 Å². The molecule has 0 aliphatic carbocycles. The van der Waals surface area contributed by atoms with Gasteiger partial charge in [0.1, 0.15) is 6.10 Å². The maximum atomic E-state index is 11.0. The van der Waals surface area contributed by atoms with Crippen molar-refractivity contribution < 1.29 is 9.84 Å². The van der Waals surface area contributed by atoms with Crippen LogP contribution in [0.1, 0.15) is 88.7 Å². The van der Waals surface area contributed by atoms with E-state index in [0.29, 0.717) is 12.5 Å². The van der Waals surface area contributed by atoms with Crippen LogP contribution in [0.5, 0.6) is 0 Å². The molecule has 3 rings (SSSR count). The summed E-state index contributed by atoms with van der Waals surface area (Å²) in [6, 6.07) is 17.1. The number of aryl methyl sites for hydroxylation is 1. The van der Waals surface area contributed by atoms with E-state index >= 15 is 0 Å². The van der Waals surface area contributed by atoms with Gasteiger partial charge in [-0.2, -0.15) is 0 Å². The monoisotopic (exact) mass is 394 g/mol. The highest BCUT2D eigenvalue weighted by Crippen LogP contribution is 2.43. The number of ether oxygens (including phenoxy) is 1. The first-order valence-electron chi connectivity index (χ1n) is 11.0. The molecule has 0 amide bonds. The van der Waals surface area contributed by atoms with Crippen molar-refractivity contribution in [1.29, 1.82) is 0 Å². The first-order chi connectivity index (χ1) is 13.5. The first kappa shape index (κ1) is 22.1. The smallest absolute Gasteiger partial charge is 0.105 e. The molecule has 0 fully saturated rings. The van der Waals surface area contributed by atoms with Crippen molar-refractivity contribution in [3.05, 3.63) is 70.8 Å². The Kier molecular flexibility index (Phi) is 6.55. The topological polar surface area (TPSA) is 29.5 Å².